The molecule has 0 nitrogen and oxygen atoms in total. The number of unbranched alkanes of at least 4 members (excludes halogenated alkanes) is 14. The number of thiophene rings is 2. The summed E-state index contributed by atoms with van der Waals surface area (Å²) in [7, 11) is 0. The third kappa shape index (κ3) is 7.85. The molecule has 0 aliphatic rings. The summed E-state index contributed by atoms with van der Waals surface area (Å²) in [5.74, 6) is 0. The molecule has 0 amide bonds. The van der Waals surface area contributed by atoms with E-state index in [1.807, 2.05) is 22.7 Å². The number of fused-ring (bicyclic) bond motifs is 5. The van der Waals surface area contributed by atoms with Crippen LogP contribution in [0, 0.1) is 13.8 Å². The molecule has 2 aromatic heterocycles. The van der Waals surface area contributed by atoms with Crippen LogP contribution in [0.2, 0.25) is 0 Å². The fraction of sp³-hybridized carbons (Fsp3) is 0.611. The number of rotatable bonds is 18. The molecule has 38 heavy (non-hydrogen) atoms. The lowest BCUT2D eigenvalue weighted by atomic mass is 9.94. The molecule has 0 saturated carbocycles. The van der Waals surface area contributed by atoms with Crippen LogP contribution in [0.1, 0.15) is 137 Å². The smallest absolute Gasteiger partial charge is 0.0427 e. The minimum Gasteiger partial charge on any atom is -0.140 e. The maximum Gasteiger partial charge on any atom is 0.0427 e. The van der Waals surface area contributed by atoms with Gasteiger partial charge in [0.2, 0.25) is 0 Å². The number of hydrogen-bond acceptors (Lipinski definition) is 2. The predicted octanol–water partition coefficient (Wildman–Crippen LogP) is 13.3. The Kier molecular flexibility index (Phi) is 12.0. The number of benzene rings is 2. The Morgan fingerprint density at radius 3 is 1.13 bits per heavy atom. The van der Waals surface area contributed by atoms with E-state index in [2.05, 4.69) is 52.0 Å². The van der Waals surface area contributed by atoms with Crippen molar-refractivity contribution in [2.24, 2.45) is 0 Å². The molecule has 0 atom stereocenters. The molecule has 0 unspecified atom stereocenters. The largest absolute Gasteiger partial charge is 0.140 e. The van der Waals surface area contributed by atoms with E-state index < -0.39 is 0 Å². The van der Waals surface area contributed by atoms with Gasteiger partial charge in [0, 0.05) is 29.9 Å². The van der Waals surface area contributed by atoms with Gasteiger partial charge < -0.3 is 0 Å². The Morgan fingerprint density at radius 1 is 0.421 bits per heavy atom. The molecule has 2 heterocycles. The van der Waals surface area contributed by atoms with Gasteiger partial charge in [-0.15, -0.1) is 22.7 Å². The maximum absolute atomic E-state index is 2.59. The Balaban J connectivity index is 1.50. The van der Waals surface area contributed by atoms with E-state index in [9.17, 15) is 0 Å². The minimum absolute atomic E-state index is 1.23. The molecule has 0 N–H and O–H groups in total. The summed E-state index contributed by atoms with van der Waals surface area (Å²) in [5.41, 5.74) is 3.18. The monoisotopic (exact) mass is 548 g/mol. The van der Waals surface area contributed by atoms with Gasteiger partial charge in [0.15, 0.2) is 0 Å². The average molecular weight is 549 g/mol. The van der Waals surface area contributed by atoms with Crippen LogP contribution in [0.3, 0.4) is 0 Å². The molecule has 0 saturated heterocycles. The summed E-state index contributed by atoms with van der Waals surface area (Å²) in [6.45, 7) is 9.21. The van der Waals surface area contributed by atoms with Crippen LogP contribution in [-0.2, 0) is 12.8 Å². The molecule has 0 aliphatic carbocycles. The Labute approximate surface area is 241 Å². The molecular weight excluding hydrogens is 497 g/mol. The van der Waals surface area contributed by atoms with Crippen LogP contribution in [0.5, 0.6) is 0 Å². The first-order valence-electron chi connectivity index (χ1n) is 16.0. The van der Waals surface area contributed by atoms with Crippen LogP contribution in [0.15, 0.2) is 24.3 Å². The number of hydrogen-bond donors (Lipinski definition) is 0. The standard InChI is InChI=1S/C36H52S2/c1-5-7-9-11-13-15-17-19-21-29-25-33-34(35-31(29)23-27(3)37-35)26-30(32-24-28(4)38-36(32)33)22-20-18-16-14-12-10-8-6-2/h23-26H,5-22H2,1-4H3. The van der Waals surface area contributed by atoms with Crippen LogP contribution >= 0.6 is 22.7 Å². The van der Waals surface area contributed by atoms with E-state index in [1.54, 1.807) is 20.5 Å². The van der Waals surface area contributed by atoms with Crippen molar-refractivity contribution >= 4 is 53.6 Å². The van der Waals surface area contributed by atoms with E-state index >= 15 is 0 Å². The van der Waals surface area contributed by atoms with E-state index in [0.29, 0.717) is 0 Å². The van der Waals surface area contributed by atoms with Crippen molar-refractivity contribution in [3.63, 3.8) is 0 Å². The predicted molar refractivity (Wildman–Crippen MR) is 177 cm³/mol. The zero-order valence-corrected chi connectivity index (χ0v) is 26.5. The number of aryl methyl sites for hydroxylation is 4. The van der Waals surface area contributed by atoms with Gasteiger partial charge in [-0.25, -0.2) is 0 Å². The van der Waals surface area contributed by atoms with Gasteiger partial charge in [-0.2, -0.15) is 0 Å². The lowest BCUT2D eigenvalue weighted by Gasteiger charge is -2.12. The second-order valence-electron chi connectivity index (χ2n) is 11.8. The molecule has 2 heteroatoms. The molecule has 0 aliphatic heterocycles. The lowest BCUT2D eigenvalue weighted by molar-refractivity contribution is 0.576. The van der Waals surface area contributed by atoms with E-state index in [0.717, 1.165) is 0 Å². The molecule has 2 aromatic carbocycles. The van der Waals surface area contributed by atoms with Crippen LogP contribution in [0.4, 0.5) is 0 Å². The first-order valence-corrected chi connectivity index (χ1v) is 17.6. The van der Waals surface area contributed by atoms with E-state index in [-0.39, 0.29) is 0 Å². The average Bonchev–Trinajstić information content (AvgIpc) is 3.50. The minimum atomic E-state index is 1.23. The zero-order valence-electron chi connectivity index (χ0n) is 24.9. The second kappa shape index (κ2) is 15.4. The Hall–Kier alpha value is -1.38. The molecule has 0 fully saturated rings. The summed E-state index contributed by atoms with van der Waals surface area (Å²) in [6, 6.07) is 10.1. The van der Waals surface area contributed by atoms with Gasteiger partial charge in [0.1, 0.15) is 0 Å². The van der Waals surface area contributed by atoms with Crippen molar-refractivity contribution in [1.82, 2.24) is 0 Å². The van der Waals surface area contributed by atoms with Gasteiger partial charge in [-0.1, -0.05) is 104 Å². The molecular formula is C36H52S2. The highest BCUT2D eigenvalue weighted by atomic mass is 32.1. The van der Waals surface area contributed by atoms with E-state index in [4.69, 9.17) is 0 Å². The highest BCUT2D eigenvalue weighted by molar-refractivity contribution is 7.21. The summed E-state index contributed by atoms with van der Waals surface area (Å²) < 4.78 is 3.08. The third-order valence-corrected chi connectivity index (χ3v) is 10.6. The topological polar surface area (TPSA) is 0 Å². The summed E-state index contributed by atoms with van der Waals surface area (Å²) in [4.78, 5) is 2.91. The normalized spacial score (nSPS) is 12.0. The fourth-order valence-corrected chi connectivity index (χ4v) is 8.41. The van der Waals surface area contributed by atoms with Crippen LogP contribution < -0.4 is 0 Å². The second-order valence-corrected chi connectivity index (χ2v) is 14.3. The first-order chi connectivity index (χ1) is 18.6. The van der Waals surface area contributed by atoms with Crippen molar-refractivity contribution in [2.75, 3.05) is 0 Å². The Morgan fingerprint density at radius 2 is 0.763 bits per heavy atom. The summed E-state index contributed by atoms with van der Waals surface area (Å²) in [5, 5.41) is 6.10. The summed E-state index contributed by atoms with van der Waals surface area (Å²) >= 11 is 4.04. The van der Waals surface area contributed by atoms with Crippen LogP contribution in [-0.4, -0.2) is 0 Å². The SMILES string of the molecule is CCCCCCCCCCc1cc2c(cc(CCCCCCCCCC)c3cc(C)sc32)c2sc(C)cc12. The quantitative estimate of drug-likeness (QED) is 0.108. The van der Waals surface area contributed by atoms with Gasteiger partial charge >= 0.3 is 0 Å². The maximum atomic E-state index is 2.59. The first kappa shape index (κ1) is 29.6. The van der Waals surface area contributed by atoms with Crippen LogP contribution in [0.25, 0.3) is 30.9 Å². The van der Waals surface area contributed by atoms with Gasteiger partial charge in [-0.05, 0) is 85.7 Å². The third-order valence-electron chi connectivity index (χ3n) is 8.42. The molecule has 4 rings (SSSR count). The zero-order chi connectivity index (χ0) is 26.7. The molecule has 0 radical (unpaired) electrons. The summed E-state index contributed by atoms with van der Waals surface area (Å²) in [6.07, 6.45) is 24.7. The van der Waals surface area contributed by atoms with E-state index in [1.165, 1.54) is 147 Å². The lowest BCUT2D eigenvalue weighted by Crippen LogP contribution is -1.92. The van der Waals surface area contributed by atoms with Gasteiger partial charge in [0.05, 0.1) is 0 Å². The van der Waals surface area contributed by atoms with Crippen molar-refractivity contribution in [1.29, 1.82) is 0 Å². The molecule has 208 valence electrons. The highest BCUT2D eigenvalue weighted by Crippen LogP contribution is 2.42. The molecule has 0 spiro atoms. The fourth-order valence-electron chi connectivity index (χ4n) is 6.25. The van der Waals surface area contributed by atoms with Crippen molar-refractivity contribution in [3.8, 4) is 0 Å². The van der Waals surface area contributed by atoms with Gasteiger partial charge in [0.25, 0.3) is 0 Å². The van der Waals surface area contributed by atoms with Gasteiger partial charge in [-0.3, -0.25) is 0 Å². The molecule has 4 aromatic rings. The Bertz CT molecular complexity index is 1170. The van der Waals surface area contributed by atoms with Crippen molar-refractivity contribution < 1.29 is 0 Å². The van der Waals surface area contributed by atoms with Crippen molar-refractivity contribution in [2.45, 2.75) is 143 Å². The van der Waals surface area contributed by atoms with Crippen molar-refractivity contribution in [3.05, 3.63) is 45.1 Å². The highest BCUT2D eigenvalue weighted by Gasteiger charge is 2.16. The molecule has 0 bridgehead atoms.